The summed E-state index contributed by atoms with van der Waals surface area (Å²) in [5, 5.41) is 39.7. The van der Waals surface area contributed by atoms with Crippen LogP contribution in [0, 0.1) is 12.3 Å². The van der Waals surface area contributed by atoms with Gasteiger partial charge < -0.3 is 25.2 Å². The lowest BCUT2D eigenvalue weighted by Gasteiger charge is -2.39. The zero-order chi connectivity index (χ0) is 21.2. The lowest BCUT2D eigenvalue weighted by atomic mass is 9.81. The van der Waals surface area contributed by atoms with Gasteiger partial charge in [0.25, 0.3) is 0 Å². The highest BCUT2D eigenvalue weighted by Gasteiger charge is 2.46. The van der Waals surface area contributed by atoms with E-state index >= 15 is 0 Å². The highest BCUT2D eigenvalue weighted by Crippen LogP contribution is 2.31. The van der Waals surface area contributed by atoms with Crippen LogP contribution in [0.15, 0.2) is 12.1 Å². The zero-order valence-corrected chi connectivity index (χ0v) is 17.5. The van der Waals surface area contributed by atoms with Gasteiger partial charge in [0.1, 0.15) is 18.3 Å². The molecule has 0 radical (unpaired) electrons. The molecule has 1 aliphatic rings. The van der Waals surface area contributed by atoms with E-state index < -0.39 is 36.5 Å². The fourth-order valence-corrected chi connectivity index (χ4v) is 3.95. The number of carboxylic acid groups (broad SMARTS) is 1. The summed E-state index contributed by atoms with van der Waals surface area (Å²) in [4.78, 5) is 11.4. The van der Waals surface area contributed by atoms with Crippen molar-refractivity contribution in [2.24, 2.45) is 5.41 Å². The molecule has 4 N–H and O–H groups in total. The first-order chi connectivity index (χ1) is 12.9. The summed E-state index contributed by atoms with van der Waals surface area (Å²) in [5.41, 5.74) is 4.53. The smallest absolute Gasteiger partial charge is 0.335 e. The van der Waals surface area contributed by atoms with Crippen LogP contribution in [-0.2, 0) is 28.8 Å². The normalized spacial score (nSPS) is 28.4. The van der Waals surface area contributed by atoms with Gasteiger partial charge in [-0.15, -0.1) is 0 Å². The molecule has 6 heteroatoms. The average Bonchev–Trinajstić information content (AvgIpc) is 2.56. The number of aryl methyl sites for hydroxylation is 2. The number of aliphatic hydroxyl groups is 3. The SMILES string of the molecule is CCCc1cc(C)c(CC2OC(C(=O)O)C(O)C(O)C2O)c(CC(C)(C)C)c1. The van der Waals surface area contributed by atoms with Crippen LogP contribution in [0.25, 0.3) is 0 Å². The monoisotopic (exact) mass is 394 g/mol. The molecular formula is C22H34O6. The summed E-state index contributed by atoms with van der Waals surface area (Å²) in [6, 6.07) is 4.31. The van der Waals surface area contributed by atoms with Crippen molar-refractivity contribution in [2.75, 3.05) is 0 Å². The van der Waals surface area contributed by atoms with Crippen LogP contribution in [0.3, 0.4) is 0 Å². The largest absolute Gasteiger partial charge is 0.479 e. The van der Waals surface area contributed by atoms with Crippen LogP contribution < -0.4 is 0 Å². The Morgan fingerprint density at radius 2 is 1.75 bits per heavy atom. The molecule has 1 saturated heterocycles. The van der Waals surface area contributed by atoms with Crippen LogP contribution in [0.5, 0.6) is 0 Å². The number of aliphatic carboxylic acids is 1. The highest BCUT2D eigenvalue weighted by atomic mass is 16.6. The summed E-state index contributed by atoms with van der Waals surface area (Å²) < 4.78 is 5.51. The van der Waals surface area contributed by atoms with E-state index in [-0.39, 0.29) is 11.8 Å². The second-order valence-corrected chi connectivity index (χ2v) is 9.15. The third-order valence-corrected chi connectivity index (χ3v) is 5.25. The Labute approximate surface area is 167 Å². The average molecular weight is 395 g/mol. The van der Waals surface area contributed by atoms with Gasteiger partial charge in [0, 0.05) is 6.42 Å². The van der Waals surface area contributed by atoms with E-state index in [4.69, 9.17) is 4.74 Å². The lowest BCUT2D eigenvalue weighted by molar-refractivity contribution is -0.227. The molecule has 5 unspecified atom stereocenters. The highest BCUT2D eigenvalue weighted by molar-refractivity contribution is 5.73. The number of benzene rings is 1. The van der Waals surface area contributed by atoms with Gasteiger partial charge in [-0.1, -0.05) is 46.2 Å². The van der Waals surface area contributed by atoms with Crippen LogP contribution >= 0.6 is 0 Å². The predicted molar refractivity (Wildman–Crippen MR) is 106 cm³/mol. The third kappa shape index (κ3) is 5.32. The predicted octanol–water partition coefficient (Wildman–Crippen LogP) is 2.01. The fraction of sp³-hybridized carbons (Fsp3) is 0.682. The lowest BCUT2D eigenvalue weighted by Crippen LogP contribution is -2.60. The molecule has 28 heavy (non-hydrogen) atoms. The van der Waals surface area contributed by atoms with Crippen molar-refractivity contribution in [2.45, 2.75) is 90.8 Å². The molecule has 5 atom stereocenters. The van der Waals surface area contributed by atoms with E-state index in [9.17, 15) is 25.2 Å². The molecule has 0 amide bonds. The molecule has 0 spiro atoms. The van der Waals surface area contributed by atoms with Crippen molar-refractivity contribution < 1.29 is 30.0 Å². The molecule has 158 valence electrons. The standard InChI is InChI=1S/C22H34O6/c1-6-7-13-8-12(2)15(14(9-13)11-22(3,4)5)10-16-17(23)18(24)19(25)20(28-16)21(26)27/h8-9,16-20,23-25H,6-7,10-11H2,1-5H3,(H,26,27). The van der Waals surface area contributed by atoms with Crippen molar-refractivity contribution >= 4 is 5.97 Å². The van der Waals surface area contributed by atoms with E-state index in [0.717, 1.165) is 36.0 Å². The summed E-state index contributed by atoms with van der Waals surface area (Å²) in [5.74, 6) is -1.35. The first-order valence-corrected chi connectivity index (χ1v) is 9.98. The molecule has 0 saturated carbocycles. The van der Waals surface area contributed by atoms with Crippen LogP contribution in [0.4, 0.5) is 0 Å². The number of hydrogen-bond donors (Lipinski definition) is 4. The summed E-state index contributed by atoms with van der Waals surface area (Å²) in [6.07, 6.45) is -3.92. The number of carboxylic acids is 1. The Morgan fingerprint density at radius 1 is 1.11 bits per heavy atom. The number of aliphatic hydroxyl groups excluding tert-OH is 3. The number of ether oxygens (including phenoxy) is 1. The first-order valence-electron chi connectivity index (χ1n) is 9.98. The van der Waals surface area contributed by atoms with Gasteiger partial charge >= 0.3 is 5.97 Å². The number of rotatable bonds is 6. The van der Waals surface area contributed by atoms with Crippen molar-refractivity contribution in [3.05, 3.63) is 34.4 Å². The van der Waals surface area contributed by atoms with E-state index in [0.29, 0.717) is 0 Å². The summed E-state index contributed by atoms with van der Waals surface area (Å²) >= 11 is 0. The van der Waals surface area contributed by atoms with Gasteiger partial charge in [0.15, 0.2) is 6.10 Å². The van der Waals surface area contributed by atoms with Gasteiger partial charge in [0.05, 0.1) is 6.10 Å². The quantitative estimate of drug-likeness (QED) is 0.588. The molecule has 1 heterocycles. The second kappa shape index (κ2) is 8.91. The maximum absolute atomic E-state index is 11.4. The Bertz CT molecular complexity index is 693. The zero-order valence-electron chi connectivity index (χ0n) is 17.5. The number of carbonyl (C=O) groups is 1. The molecule has 1 aromatic carbocycles. The Morgan fingerprint density at radius 3 is 2.29 bits per heavy atom. The molecule has 0 aromatic heterocycles. The Hall–Kier alpha value is -1.47. The van der Waals surface area contributed by atoms with Crippen molar-refractivity contribution in [3.8, 4) is 0 Å². The summed E-state index contributed by atoms with van der Waals surface area (Å²) in [7, 11) is 0. The van der Waals surface area contributed by atoms with Gasteiger partial charge in [-0.25, -0.2) is 4.79 Å². The van der Waals surface area contributed by atoms with E-state index in [1.807, 2.05) is 6.92 Å². The van der Waals surface area contributed by atoms with Crippen molar-refractivity contribution in [3.63, 3.8) is 0 Å². The van der Waals surface area contributed by atoms with E-state index in [1.54, 1.807) is 0 Å². The molecule has 1 aliphatic heterocycles. The van der Waals surface area contributed by atoms with Gasteiger partial charge in [-0.2, -0.15) is 0 Å². The molecule has 0 bridgehead atoms. The molecule has 6 nitrogen and oxygen atoms in total. The van der Waals surface area contributed by atoms with E-state index in [2.05, 4.69) is 39.8 Å². The summed E-state index contributed by atoms with van der Waals surface area (Å²) in [6.45, 7) is 10.6. The second-order valence-electron chi connectivity index (χ2n) is 9.15. The minimum atomic E-state index is -1.66. The van der Waals surface area contributed by atoms with E-state index in [1.165, 1.54) is 5.56 Å². The van der Waals surface area contributed by atoms with Gasteiger partial charge in [-0.05, 0) is 47.4 Å². The molecule has 2 rings (SSSR count). The molecule has 1 fully saturated rings. The van der Waals surface area contributed by atoms with Crippen molar-refractivity contribution in [1.82, 2.24) is 0 Å². The minimum Gasteiger partial charge on any atom is -0.479 e. The van der Waals surface area contributed by atoms with Crippen LogP contribution in [0.1, 0.15) is 56.4 Å². The minimum absolute atomic E-state index is 0.0530. The maximum atomic E-state index is 11.4. The topological polar surface area (TPSA) is 107 Å². The van der Waals surface area contributed by atoms with Gasteiger partial charge in [-0.3, -0.25) is 0 Å². The molecule has 1 aromatic rings. The maximum Gasteiger partial charge on any atom is 0.335 e. The van der Waals surface area contributed by atoms with Crippen LogP contribution in [0.2, 0.25) is 0 Å². The Balaban J connectivity index is 2.39. The Kier molecular flexibility index (Phi) is 7.26. The fourth-order valence-electron chi connectivity index (χ4n) is 3.95. The van der Waals surface area contributed by atoms with Gasteiger partial charge in [0.2, 0.25) is 0 Å². The van der Waals surface area contributed by atoms with Crippen LogP contribution in [-0.4, -0.2) is 56.9 Å². The molecular weight excluding hydrogens is 360 g/mol. The number of hydrogen-bond acceptors (Lipinski definition) is 5. The molecule has 0 aliphatic carbocycles. The van der Waals surface area contributed by atoms with Crippen molar-refractivity contribution in [1.29, 1.82) is 0 Å². The first kappa shape index (κ1) is 22.8. The third-order valence-electron chi connectivity index (χ3n) is 5.25.